The minimum atomic E-state index is 0.931. The van der Waals surface area contributed by atoms with Crippen LogP contribution in [0.5, 0.6) is 0 Å². The highest BCUT2D eigenvalue weighted by Gasteiger charge is 2.20. The molecule has 0 amide bonds. The normalized spacial score (nSPS) is 11.2. The van der Waals surface area contributed by atoms with Crippen molar-refractivity contribution < 1.29 is 0 Å². The molecule has 8 aromatic rings. The lowest BCUT2D eigenvalue weighted by molar-refractivity contribution is 1.18. The van der Waals surface area contributed by atoms with Gasteiger partial charge in [0, 0.05) is 38.3 Å². The monoisotopic (exact) mass is 594 g/mol. The molecule has 1 aromatic heterocycles. The van der Waals surface area contributed by atoms with Gasteiger partial charge in [-0.15, -0.1) is 12.6 Å². The number of hydrogen-bond acceptors (Lipinski definition) is 2. The standard InChI is InChI=1S/C42H30N2S/c45-42-29-34(24-26-36(42)31-16-6-2-7-17-31)43(39-22-12-10-20-35(39)30-14-4-1-5-15-30)33-25-27-38-37-21-11-13-23-40(37)44(41(38)28-33)32-18-8-3-9-19-32/h1-29,45H. The Labute approximate surface area is 268 Å². The van der Waals surface area contributed by atoms with E-state index >= 15 is 0 Å². The zero-order valence-electron chi connectivity index (χ0n) is 24.6. The highest BCUT2D eigenvalue weighted by Crippen LogP contribution is 2.44. The maximum atomic E-state index is 5.02. The van der Waals surface area contributed by atoms with Gasteiger partial charge in [-0.2, -0.15) is 0 Å². The molecule has 0 radical (unpaired) electrons. The number of fused-ring (bicyclic) bond motifs is 3. The van der Waals surface area contributed by atoms with Crippen LogP contribution < -0.4 is 4.90 Å². The lowest BCUT2D eigenvalue weighted by Crippen LogP contribution is -2.11. The molecule has 2 nitrogen and oxygen atoms in total. The molecule has 7 aromatic carbocycles. The van der Waals surface area contributed by atoms with Crippen LogP contribution in [0.4, 0.5) is 17.1 Å². The second-order valence-corrected chi connectivity index (χ2v) is 11.7. The third-order valence-corrected chi connectivity index (χ3v) is 8.85. The maximum absolute atomic E-state index is 5.02. The van der Waals surface area contributed by atoms with Crippen LogP contribution in [0.3, 0.4) is 0 Å². The molecule has 3 heteroatoms. The van der Waals surface area contributed by atoms with E-state index in [1.807, 2.05) is 6.07 Å². The van der Waals surface area contributed by atoms with Crippen LogP contribution in [0.25, 0.3) is 49.7 Å². The van der Waals surface area contributed by atoms with Gasteiger partial charge in [-0.3, -0.25) is 0 Å². The number of thiol groups is 1. The number of rotatable bonds is 6. The van der Waals surface area contributed by atoms with Crippen molar-refractivity contribution in [1.82, 2.24) is 4.57 Å². The van der Waals surface area contributed by atoms with Gasteiger partial charge in [-0.25, -0.2) is 0 Å². The van der Waals surface area contributed by atoms with Crippen molar-refractivity contribution in [2.75, 3.05) is 4.90 Å². The van der Waals surface area contributed by atoms with E-state index < -0.39 is 0 Å². The molecule has 0 aliphatic carbocycles. The molecule has 214 valence electrons. The molecule has 0 aliphatic heterocycles. The predicted octanol–water partition coefficient (Wildman–Crippen LogP) is 11.9. The molecule has 45 heavy (non-hydrogen) atoms. The molecule has 0 saturated carbocycles. The summed E-state index contributed by atoms with van der Waals surface area (Å²) in [6.45, 7) is 0. The van der Waals surface area contributed by atoms with Crippen molar-refractivity contribution in [3.05, 3.63) is 176 Å². The third kappa shape index (κ3) is 4.88. The number of anilines is 3. The molecule has 0 atom stereocenters. The first-order chi connectivity index (χ1) is 22.3. The van der Waals surface area contributed by atoms with Gasteiger partial charge in [-0.05, 0) is 65.2 Å². The minimum Gasteiger partial charge on any atom is -0.310 e. The molecule has 0 spiro atoms. The largest absolute Gasteiger partial charge is 0.310 e. The van der Waals surface area contributed by atoms with Gasteiger partial charge in [0.05, 0.1) is 16.7 Å². The van der Waals surface area contributed by atoms with Crippen molar-refractivity contribution >= 4 is 51.5 Å². The van der Waals surface area contributed by atoms with Crippen molar-refractivity contribution in [2.45, 2.75) is 4.90 Å². The van der Waals surface area contributed by atoms with Crippen molar-refractivity contribution in [1.29, 1.82) is 0 Å². The van der Waals surface area contributed by atoms with Gasteiger partial charge < -0.3 is 9.47 Å². The molecule has 0 N–H and O–H groups in total. The Hall–Kier alpha value is -5.51. The fourth-order valence-electron chi connectivity index (χ4n) is 6.43. The second-order valence-electron chi connectivity index (χ2n) is 11.2. The van der Waals surface area contributed by atoms with Gasteiger partial charge in [0.25, 0.3) is 0 Å². The van der Waals surface area contributed by atoms with Gasteiger partial charge in [0.15, 0.2) is 0 Å². The van der Waals surface area contributed by atoms with E-state index in [9.17, 15) is 0 Å². The average molecular weight is 595 g/mol. The van der Waals surface area contributed by atoms with Crippen LogP contribution in [-0.2, 0) is 0 Å². The van der Waals surface area contributed by atoms with Crippen molar-refractivity contribution in [2.24, 2.45) is 0 Å². The Morgan fingerprint density at radius 2 is 0.978 bits per heavy atom. The molecule has 0 aliphatic rings. The van der Waals surface area contributed by atoms with Crippen LogP contribution in [0, 0.1) is 0 Å². The fraction of sp³-hybridized carbons (Fsp3) is 0. The zero-order chi connectivity index (χ0) is 30.2. The molecule has 1 heterocycles. The summed E-state index contributed by atoms with van der Waals surface area (Å²) >= 11 is 5.02. The smallest absolute Gasteiger partial charge is 0.0561 e. The number of benzene rings is 7. The van der Waals surface area contributed by atoms with Gasteiger partial charge >= 0.3 is 0 Å². The first kappa shape index (κ1) is 27.1. The lowest BCUT2D eigenvalue weighted by Gasteiger charge is -2.28. The topological polar surface area (TPSA) is 8.17 Å². The highest BCUT2D eigenvalue weighted by molar-refractivity contribution is 7.80. The minimum absolute atomic E-state index is 0.931. The van der Waals surface area contributed by atoms with E-state index in [1.54, 1.807) is 0 Å². The van der Waals surface area contributed by atoms with Crippen LogP contribution in [0.2, 0.25) is 0 Å². The molecule has 8 rings (SSSR count). The average Bonchev–Trinajstić information content (AvgIpc) is 3.43. The van der Waals surface area contributed by atoms with E-state index in [1.165, 1.54) is 21.9 Å². The number of aromatic nitrogens is 1. The van der Waals surface area contributed by atoms with Gasteiger partial charge in [0.2, 0.25) is 0 Å². The third-order valence-electron chi connectivity index (χ3n) is 8.48. The van der Waals surface area contributed by atoms with Crippen LogP contribution in [-0.4, -0.2) is 4.57 Å². The summed E-state index contributed by atoms with van der Waals surface area (Å²) < 4.78 is 2.37. The molecule has 0 fully saturated rings. The first-order valence-corrected chi connectivity index (χ1v) is 15.6. The maximum Gasteiger partial charge on any atom is 0.0561 e. The summed E-state index contributed by atoms with van der Waals surface area (Å²) in [5, 5.41) is 2.47. The molecule has 0 unspecified atom stereocenters. The Morgan fingerprint density at radius 1 is 0.422 bits per heavy atom. The van der Waals surface area contributed by atoms with Crippen LogP contribution >= 0.6 is 12.6 Å². The van der Waals surface area contributed by atoms with E-state index in [4.69, 9.17) is 12.6 Å². The second kappa shape index (κ2) is 11.5. The molecular formula is C42H30N2S. The van der Waals surface area contributed by atoms with E-state index in [-0.39, 0.29) is 0 Å². The lowest BCUT2D eigenvalue weighted by atomic mass is 10.0. The summed E-state index contributed by atoms with van der Waals surface area (Å²) in [5.74, 6) is 0. The number of para-hydroxylation sites is 3. The van der Waals surface area contributed by atoms with E-state index in [0.717, 1.165) is 49.9 Å². The Kier molecular flexibility index (Phi) is 6.94. The zero-order valence-corrected chi connectivity index (χ0v) is 25.5. The van der Waals surface area contributed by atoms with Gasteiger partial charge in [0.1, 0.15) is 0 Å². The predicted molar refractivity (Wildman–Crippen MR) is 194 cm³/mol. The van der Waals surface area contributed by atoms with E-state index in [2.05, 4.69) is 179 Å². The highest BCUT2D eigenvalue weighted by atomic mass is 32.1. The summed E-state index contributed by atoms with van der Waals surface area (Å²) in [6, 6.07) is 62.4. The van der Waals surface area contributed by atoms with Crippen molar-refractivity contribution in [3.8, 4) is 27.9 Å². The Bertz CT molecular complexity index is 2270. The van der Waals surface area contributed by atoms with Crippen molar-refractivity contribution in [3.63, 3.8) is 0 Å². The summed E-state index contributed by atoms with van der Waals surface area (Å²) in [4.78, 5) is 3.30. The number of hydrogen-bond donors (Lipinski definition) is 1. The van der Waals surface area contributed by atoms with E-state index in [0.29, 0.717) is 0 Å². The number of nitrogens with zero attached hydrogens (tertiary/aromatic N) is 2. The van der Waals surface area contributed by atoms with Crippen LogP contribution in [0.1, 0.15) is 0 Å². The van der Waals surface area contributed by atoms with Crippen LogP contribution in [0.15, 0.2) is 181 Å². The molecule has 0 bridgehead atoms. The summed E-state index contributed by atoms with van der Waals surface area (Å²) in [7, 11) is 0. The Balaban J connectivity index is 1.39. The summed E-state index contributed by atoms with van der Waals surface area (Å²) in [6.07, 6.45) is 0. The van der Waals surface area contributed by atoms with Gasteiger partial charge in [-0.1, -0.05) is 127 Å². The molecule has 0 saturated heterocycles. The first-order valence-electron chi connectivity index (χ1n) is 15.2. The Morgan fingerprint density at radius 3 is 1.71 bits per heavy atom. The summed E-state index contributed by atoms with van der Waals surface area (Å²) in [5.41, 5.74) is 11.3. The SMILES string of the molecule is Sc1cc(N(c2ccc3c4ccccc4n(-c4ccccc4)c3c2)c2ccccc2-c2ccccc2)ccc1-c1ccccc1. The quantitative estimate of drug-likeness (QED) is 0.188. The fourth-order valence-corrected chi connectivity index (χ4v) is 6.77. The molecular weight excluding hydrogens is 565 g/mol.